The van der Waals surface area contributed by atoms with Gasteiger partial charge in [-0.25, -0.2) is 4.31 Å². The van der Waals surface area contributed by atoms with Crippen LogP contribution in [0.3, 0.4) is 0 Å². The van der Waals surface area contributed by atoms with Crippen LogP contribution in [0.4, 0.5) is 0 Å². The second-order valence-corrected chi connectivity index (χ2v) is 7.55. The number of nitrogens with zero attached hydrogens (tertiary/aromatic N) is 1. The lowest BCUT2D eigenvalue weighted by Crippen LogP contribution is -2.65. The summed E-state index contributed by atoms with van der Waals surface area (Å²) in [5, 5.41) is 0.0667. The Morgan fingerprint density at radius 3 is 2.17 bits per heavy atom. The van der Waals surface area contributed by atoms with Crippen LogP contribution in [0.15, 0.2) is 30.3 Å². The first-order valence-corrected chi connectivity index (χ1v) is 9.02. The number of hydrogen-bond donors (Lipinski definition) is 3. The van der Waals surface area contributed by atoms with Gasteiger partial charge in [0.1, 0.15) is 6.04 Å². The van der Waals surface area contributed by atoms with Crippen LogP contribution >= 0.6 is 0 Å². The predicted molar refractivity (Wildman–Crippen MR) is 75.9 cm³/mol. The maximum Gasteiger partial charge on any atom is 0.362 e. The highest BCUT2D eigenvalue weighted by molar-refractivity contribution is 7.86. The zero-order valence-corrected chi connectivity index (χ0v) is 13.0. The molecule has 2 atom stereocenters. The Morgan fingerprint density at radius 2 is 1.74 bits per heavy atom. The number of benzene rings is 1. The first kappa shape index (κ1) is 17.3. The molecule has 10 nitrogen and oxygen atoms in total. The molecule has 2 amide bonds. The van der Waals surface area contributed by atoms with Gasteiger partial charge in [-0.05, 0) is 5.56 Å². The first-order valence-electron chi connectivity index (χ1n) is 6.12. The van der Waals surface area contributed by atoms with Gasteiger partial charge in [0.25, 0.3) is 16.0 Å². The minimum absolute atomic E-state index is 0.0223. The standard InChI is InChI=1S/C11H12N2O8S2/c14-10(12-8-6-13(11(8)15)23(19,20)21)9(22(16,17)18)7-4-2-1-3-5-7/h1-5,8-9H,6H2,(H,12,14)(H,16,17,18)(H,19,20,21)/t8-,9+/m0/s1. The van der Waals surface area contributed by atoms with Crippen LogP contribution < -0.4 is 5.32 Å². The summed E-state index contributed by atoms with van der Waals surface area (Å²) in [5.41, 5.74) is -0.0223. The van der Waals surface area contributed by atoms with Crippen molar-refractivity contribution in [2.75, 3.05) is 6.54 Å². The number of carbonyl (C=O) groups excluding carboxylic acids is 2. The third kappa shape index (κ3) is 3.67. The van der Waals surface area contributed by atoms with E-state index in [-0.39, 0.29) is 9.87 Å². The molecule has 0 bridgehead atoms. The molecule has 1 fully saturated rings. The van der Waals surface area contributed by atoms with Crippen LogP contribution in [0.5, 0.6) is 0 Å². The molecule has 3 N–H and O–H groups in total. The van der Waals surface area contributed by atoms with E-state index in [9.17, 15) is 31.0 Å². The quantitative estimate of drug-likeness (QED) is 0.431. The van der Waals surface area contributed by atoms with Gasteiger partial charge in [0.05, 0.1) is 6.54 Å². The number of amides is 2. The molecule has 0 saturated carbocycles. The molecule has 126 valence electrons. The average molecular weight is 364 g/mol. The highest BCUT2D eigenvalue weighted by Gasteiger charge is 2.46. The minimum Gasteiger partial charge on any atom is -0.341 e. The molecule has 1 aromatic carbocycles. The normalized spacial score (nSPS) is 19.8. The highest BCUT2D eigenvalue weighted by atomic mass is 32.2. The van der Waals surface area contributed by atoms with E-state index in [1.165, 1.54) is 24.3 Å². The summed E-state index contributed by atoms with van der Waals surface area (Å²) in [6, 6.07) is 5.76. The van der Waals surface area contributed by atoms with Crippen molar-refractivity contribution in [2.45, 2.75) is 11.3 Å². The maximum atomic E-state index is 12.1. The van der Waals surface area contributed by atoms with E-state index in [1.54, 1.807) is 6.07 Å². The summed E-state index contributed by atoms with van der Waals surface area (Å²) in [5.74, 6) is -2.30. The van der Waals surface area contributed by atoms with Crippen molar-refractivity contribution in [3.63, 3.8) is 0 Å². The average Bonchev–Trinajstić information content (AvgIpc) is 2.41. The van der Waals surface area contributed by atoms with Crippen LogP contribution in [0, 0.1) is 0 Å². The van der Waals surface area contributed by atoms with Crippen LogP contribution in [-0.2, 0) is 30.0 Å². The van der Waals surface area contributed by atoms with E-state index >= 15 is 0 Å². The number of rotatable bonds is 5. The Balaban J connectivity index is 2.17. The molecule has 12 heteroatoms. The van der Waals surface area contributed by atoms with Crippen molar-refractivity contribution in [3.05, 3.63) is 35.9 Å². The Morgan fingerprint density at radius 1 is 1.17 bits per heavy atom. The molecule has 0 radical (unpaired) electrons. The van der Waals surface area contributed by atoms with Crippen LogP contribution in [0.2, 0.25) is 0 Å². The summed E-state index contributed by atoms with van der Waals surface area (Å²) in [6.45, 7) is -0.531. The smallest absolute Gasteiger partial charge is 0.341 e. The molecule has 1 aromatic rings. The summed E-state index contributed by atoms with van der Waals surface area (Å²) in [6.07, 6.45) is 0. The summed E-state index contributed by atoms with van der Waals surface area (Å²) >= 11 is 0. The van der Waals surface area contributed by atoms with E-state index in [0.29, 0.717) is 0 Å². The van der Waals surface area contributed by atoms with Gasteiger partial charge < -0.3 is 5.32 Å². The van der Waals surface area contributed by atoms with E-state index < -0.39 is 50.1 Å². The fraction of sp³-hybridized carbons (Fsp3) is 0.273. The van der Waals surface area contributed by atoms with Gasteiger partial charge in [-0.2, -0.15) is 16.8 Å². The molecule has 23 heavy (non-hydrogen) atoms. The van der Waals surface area contributed by atoms with Crippen molar-refractivity contribution < 1.29 is 35.5 Å². The lowest BCUT2D eigenvalue weighted by Gasteiger charge is -2.35. The van der Waals surface area contributed by atoms with Crippen molar-refractivity contribution in [2.24, 2.45) is 0 Å². The van der Waals surface area contributed by atoms with Gasteiger partial charge in [0, 0.05) is 0 Å². The van der Waals surface area contributed by atoms with Gasteiger partial charge >= 0.3 is 10.3 Å². The molecule has 0 spiro atoms. The SMILES string of the molecule is O=C(N[C@H]1CN(S(=O)(=O)O)C1=O)[C@@H](c1ccccc1)S(=O)(=O)O. The van der Waals surface area contributed by atoms with E-state index in [2.05, 4.69) is 0 Å². The van der Waals surface area contributed by atoms with Crippen molar-refractivity contribution in [1.82, 2.24) is 9.62 Å². The zero-order valence-electron chi connectivity index (χ0n) is 11.4. The summed E-state index contributed by atoms with van der Waals surface area (Å²) < 4.78 is 62.5. The maximum absolute atomic E-state index is 12.1. The molecule has 0 aliphatic carbocycles. The highest BCUT2D eigenvalue weighted by Crippen LogP contribution is 2.23. The number of nitrogens with one attached hydrogen (secondary N) is 1. The third-order valence-corrected chi connectivity index (χ3v) is 5.09. The number of carbonyl (C=O) groups is 2. The van der Waals surface area contributed by atoms with Crippen molar-refractivity contribution in [1.29, 1.82) is 0 Å². The molecular weight excluding hydrogens is 352 g/mol. The lowest BCUT2D eigenvalue weighted by atomic mass is 10.1. The van der Waals surface area contributed by atoms with E-state index in [0.717, 1.165) is 0 Å². The van der Waals surface area contributed by atoms with Crippen LogP contribution in [0.1, 0.15) is 10.8 Å². The molecule has 1 aliphatic rings. The molecule has 0 unspecified atom stereocenters. The van der Waals surface area contributed by atoms with Gasteiger partial charge in [-0.3, -0.25) is 18.7 Å². The van der Waals surface area contributed by atoms with Crippen molar-refractivity contribution in [3.8, 4) is 0 Å². The molecule has 1 saturated heterocycles. The largest absolute Gasteiger partial charge is 0.362 e. The van der Waals surface area contributed by atoms with Crippen LogP contribution in [0.25, 0.3) is 0 Å². The lowest BCUT2D eigenvalue weighted by molar-refractivity contribution is -0.140. The molecule has 2 rings (SSSR count). The fourth-order valence-electron chi connectivity index (χ4n) is 2.04. The number of β-lactam (4-membered cyclic amide) rings is 1. The monoisotopic (exact) mass is 364 g/mol. The Hall–Kier alpha value is -2.02. The van der Waals surface area contributed by atoms with Gasteiger partial charge in [0.15, 0.2) is 5.25 Å². The van der Waals surface area contributed by atoms with Gasteiger partial charge in [-0.15, -0.1) is 0 Å². The molecule has 1 heterocycles. The van der Waals surface area contributed by atoms with Crippen molar-refractivity contribution >= 4 is 32.2 Å². The van der Waals surface area contributed by atoms with E-state index in [4.69, 9.17) is 4.55 Å². The van der Waals surface area contributed by atoms with Gasteiger partial charge in [-0.1, -0.05) is 30.3 Å². The third-order valence-electron chi connectivity index (χ3n) is 3.13. The van der Waals surface area contributed by atoms with E-state index in [1.807, 2.05) is 5.32 Å². The predicted octanol–water partition coefficient (Wildman–Crippen LogP) is -1.25. The Labute approximate surface area is 131 Å². The first-order chi connectivity index (χ1) is 10.5. The second kappa shape index (κ2) is 5.88. The molecule has 1 aliphatic heterocycles. The van der Waals surface area contributed by atoms with Gasteiger partial charge in [0.2, 0.25) is 5.91 Å². The molecular formula is C11H12N2O8S2. The second-order valence-electron chi connectivity index (χ2n) is 4.71. The van der Waals surface area contributed by atoms with Crippen LogP contribution in [-0.4, -0.2) is 54.6 Å². The zero-order chi connectivity index (χ0) is 17.4. The number of hydrogen-bond acceptors (Lipinski definition) is 6. The molecule has 0 aromatic heterocycles. The Bertz CT molecular complexity index is 834. The topological polar surface area (TPSA) is 158 Å². The summed E-state index contributed by atoms with van der Waals surface area (Å²) in [7, 11) is -9.53. The Kier molecular flexibility index (Phi) is 4.43. The fourth-order valence-corrected chi connectivity index (χ4v) is 3.58. The minimum atomic E-state index is -4.81. The summed E-state index contributed by atoms with van der Waals surface area (Å²) in [4.78, 5) is 23.6.